The van der Waals surface area contributed by atoms with Gasteiger partial charge in [0.2, 0.25) is 11.7 Å². The summed E-state index contributed by atoms with van der Waals surface area (Å²) in [5, 5.41) is 13.2. The number of benzene rings is 1. The molecule has 0 radical (unpaired) electrons. The van der Waals surface area contributed by atoms with Crippen LogP contribution in [0.2, 0.25) is 0 Å². The highest BCUT2D eigenvalue weighted by atomic mass is 16.5. The first kappa shape index (κ1) is 13.5. The highest BCUT2D eigenvalue weighted by Crippen LogP contribution is 2.32. The van der Waals surface area contributed by atoms with Gasteiger partial charge in [-0.2, -0.15) is 10.1 Å². The van der Waals surface area contributed by atoms with Gasteiger partial charge in [-0.05, 0) is 26.3 Å². The van der Waals surface area contributed by atoms with Crippen LogP contribution in [0.4, 0.5) is 0 Å². The monoisotopic (exact) mass is 297 g/mol. The quantitative estimate of drug-likeness (QED) is 0.787. The average Bonchev–Trinajstić information content (AvgIpc) is 3.14. The average molecular weight is 297 g/mol. The SMILES string of the molecule is Cn1nc2ccccc2c1-c1noc(C2CNC(C)(C)C2)n1. The third kappa shape index (κ3) is 2.11. The maximum absolute atomic E-state index is 5.53. The van der Waals surface area contributed by atoms with Crippen LogP contribution in [0.25, 0.3) is 22.4 Å². The molecule has 4 rings (SSSR count). The van der Waals surface area contributed by atoms with Crippen molar-refractivity contribution >= 4 is 10.9 Å². The summed E-state index contributed by atoms with van der Waals surface area (Å²) in [5.74, 6) is 1.59. The molecule has 0 spiro atoms. The Bertz CT molecular complexity index is 832. The fourth-order valence-corrected chi connectivity index (χ4v) is 3.24. The van der Waals surface area contributed by atoms with E-state index in [2.05, 4.69) is 34.4 Å². The van der Waals surface area contributed by atoms with Crippen molar-refractivity contribution in [3.63, 3.8) is 0 Å². The molecule has 6 heteroatoms. The Hall–Kier alpha value is -2.21. The maximum Gasteiger partial charge on any atom is 0.231 e. The van der Waals surface area contributed by atoms with Gasteiger partial charge in [0.25, 0.3) is 0 Å². The van der Waals surface area contributed by atoms with E-state index in [0.717, 1.165) is 29.6 Å². The second-order valence-electron chi connectivity index (χ2n) is 6.61. The van der Waals surface area contributed by atoms with Crippen molar-refractivity contribution < 1.29 is 4.52 Å². The topological polar surface area (TPSA) is 68.8 Å². The van der Waals surface area contributed by atoms with E-state index in [1.54, 1.807) is 0 Å². The summed E-state index contributed by atoms with van der Waals surface area (Å²) < 4.78 is 7.34. The minimum absolute atomic E-state index is 0.124. The first-order valence-electron chi connectivity index (χ1n) is 7.54. The van der Waals surface area contributed by atoms with Crippen LogP contribution in [0.1, 0.15) is 32.1 Å². The molecule has 1 fully saturated rings. The Morgan fingerprint density at radius 3 is 2.91 bits per heavy atom. The Morgan fingerprint density at radius 1 is 1.32 bits per heavy atom. The molecule has 0 saturated carbocycles. The van der Waals surface area contributed by atoms with Crippen molar-refractivity contribution in [2.45, 2.75) is 31.7 Å². The lowest BCUT2D eigenvalue weighted by molar-refractivity contribution is 0.353. The highest BCUT2D eigenvalue weighted by molar-refractivity contribution is 5.91. The third-order valence-corrected chi connectivity index (χ3v) is 4.33. The summed E-state index contributed by atoms with van der Waals surface area (Å²) in [4.78, 5) is 4.63. The Kier molecular flexibility index (Phi) is 2.84. The zero-order valence-electron chi connectivity index (χ0n) is 13.0. The van der Waals surface area contributed by atoms with Crippen LogP contribution in [-0.4, -0.2) is 32.0 Å². The molecular weight excluding hydrogens is 278 g/mol. The van der Waals surface area contributed by atoms with Crippen molar-refractivity contribution in [2.75, 3.05) is 6.54 Å². The summed E-state index contributed by atoms with van der Waals surface area (Å²) in [5.41, 5.74) is 1.96. The maximum atomic E-state index is 5.53. The number of hydrogen-bond donors (Lipinski definition) is 1. The summed E-state index contributed by atoms with van der Waals surface area (Å²) in [7, 11) is 1.91. The summed E-state index contributed by atoms with van der Waals surface area (Å²) in [6.45, 7) is 5.26. The molecule has 1 aliphatic heterocycles. The normalized spacial score (nSPS) is 20.8. The van der Waals surface area contributed by atoms with Crippen LogP contribution < -0.4 is 5.32 Å². The molecule has 3 heterocycles. The van der Waals surface area contributed by atoms with Crippen molar-refractivity contribution in [1.82, 2.24) is 25.2 Å². The Labute approximate surface area is 128 Å². The zero-order chi connectivity index (χ0) is 15.3. The second-order valence-corrected chi connectivity index (χ2v) is 6.61. The van der Waals surface area contributed by atoms with Crippen molar-refractivity contribution in [1.29, 1.82) is 0 Å². The van der Waals surface area contributed by atoms with Gasteiger partial charge in [0, 0.05) is 24.5 Å². The van der Waals surface area contributed by atoms with Gasteiger partial charge in [-0.1, -0.05) is 23.4 Å². The van der Waals surface area contributed by atoms with E-state index in [1.807, 2.05) is 36.0 Å². The lowest BCUT2D eigenvalue weighted by Crippen LogP contribution is -2.31. The predicted octanol–water partition coefficient (Wildman–Crippen LogP) is 2.48. The van der Waals surface area contributed by atoms with Crippen LogP contribution in [0, 0.1) is 0 Å². The van der Waals surface area contributed by atoms with Crippen LogP contribution in [0.15, 0.2) is 28.8 Å². The van der Waals surface area contributed by atoms with E-state index >= 15 is 0 Å². The number of hydrogen-bond acceptors (Lipinski definition) is 5. The third-order valence-electron chi connectivity index (χ3n) is 4.33. The number of aromatic nitrogens is 4. The number of nitrogens with one attached hydrogen (secondary N) is 1. The van der Waals surface area contributed by atoms with E-state index in [0.29, 0.717) is 11.7 Å². The van der Waals surface area contributed by atoms with Gasteiger partial charge >= 0.3 is 0 Å². The first-order chi connectivity index (χ1) is 10.5. The van der Waals surface area contributed by atoms with E-state index in [9.17, 15) is 0 Å². The Balaban J connectivity index is 1.73. The molecule has 0 bridgehead atoms. The first-order valence-corrected chi connectivity index (χ1v) is 7.54. The molecule has 0 amide bonds. The molecule has 1 aromatic carbocycles. The van der Waals surface area contributed by atoms with Gasteiger partial charge in [-0.3, -0.25) is 4.68 Å². The molecule has 0 aliphatic carbocycles. The predicted molar refractivity (Wildman–Crippen MR) is 83.4 cm³/mol. The van der Waals surface area contributed by atoms with Gasteiger partial charge < -0.3 is 9.84 Å². The molecule has 22 heavy (non-hydrogen) atoms. The largest absolute Gasteiger partial charge is 0.339 e. The fraction of sp³-hybridized carbons (Fsp3) is 0.438. The molecule has 2 aromatic heterocycles. The molecular formula is C16H19N5O. The van der Waals surface area contributed by atoms with E-state index in [4.69, 9.17) is 4.52 Å². The smallest absolute Gasteiger partial charge is 0.231 e. The summed E-state index contributed by atoms with van der Waals surface area (Å²) in [6.07, 6.45) is 1.00. The number of aryl methyl sites for hydroxylation is 1. The molecule has 1 N–H and O–H groups in total. The number of fused-ring (bicyclic) bond motifs is 1. The molecule has 6 nitrogen and oxygen atoms in total. The molecule has 1 saturated heterocycles. The van der Waals surface area contributed by atoms with Crippen molar-refractivity contribution in [3.8, 4) is 11.5 Å². The molecule has 1 atom stereocenters. The molecule has 3 aromatic rings. The minimum Gasteiger partial charge on any atom is -0.339 e. The number of rotatable bonds is 2. The summed E-state index contributed by atoms with van der Waals surface area (Å²) in [6, 6.07) is 8.00. The standard InChI is InChI=1S/C16H19N5O/c1-16(2)8-10(9-17-16)15-18-14(20-22-15)13-11-6-4-5-7-12(11)19-21(13)3/h4-7,10,17H,8-9H2,1-3H3. The van der Waals surface area contributed by atoms with Crippen molar-refractivity contribution in [3.05, 3.63) is 30.2 Å². The summed E-state index contributed by atoms with van der Waals surface area (Å²) >= 11 is 0. The minimum atomic E-state index is 0.124. The fourth-order valence-electron chi connectivity index (χ4n) is 3.24. The van der Waals surface area contributed by atoms with Gasteiger partial charge in [-0.15, -0.1) is 0 Å². The number of nitrogens with zero attached hydrogens (tertiary/aromatic N) is 4. The van der Waals surface area contributed by atoms with E-state index in [-0.39, 0.29) is 11.5 Å². The van der Waals surface area contributed by atoms with Crippen LogP contribution >= 0.6 is 0 Å². The second kappa shape index (κ2) is 4.64. The van der Waals surface area contributed by atoms with E-state index in [1.165, 1.54) is 0 Å². The van der Waals surface area contributed by atoms with Gasteiger partial charge in [0.1, 0.15) is 5.69 Å². The highest BCUT2D eigenvalue weighted by Gasteiger charge is 2.34. The van der Waals surface area contributed by atoms with Crippen LogP contribution in [-0.2, 0) is 7.05 Å². The Morgan fingerprint density at radius 2 is 2.14 bits per heavy atom. The van der Waals surface area contributed by atoms with Gasteiger partial charge in [0.15, 0.2) is 0 Å². The van der Waals surface area contributed by atoms with Crippen LogP contribution in [0.5, 0.6) is 0 Å². The van der Waals surface area contributed by atoms with Crippen LogP contribution in [0.3, 0.4) is 0 Å². The zero-order valence-corrected chi connectivity index (χ0v) is 13.0. The van der Waals surface area contributed by atoms with Crippen molar-refractivity contribution in [2.24, 2.45) is 7.05 Å². The lowest BCUT2D eigenvalue weighted by atomic mass is 9.97. The molecule has 114 valence electrons. The lowest BCUT2D eigenvalue weighted by Gasteiger charge is -2.16. The molecule has 1 unspecified atom stereocenters. The van der Waals surface area contributed by atoms with E-state index < -0.39 is 0 Å². The van der Waals surface area contributed by atoms with Gasteiger partial charge in [0.05, 0.1) is 11.4 Å². The van der Waals surface area contributed by atoms with Gasteiger partial charge in [-0.25, -0.2) is 0 Å². The molecule has 1 aliphatic rings.